The van der Waals surface area contributed by atoms with Crippen LogP contribution < -0.4 is 9.47 Å². The molecular formula is C23H32O4. The average Bonchev–Trinajstić information content (AvgIpc) is 2.75. The highest BCUT2D eigenvalue weighted by Crippen LogP contribution is 2.38. The molecule has 1 heterocycles. The number of carbonyl (C=O) groups is 1. The van der Waals surface area contributed by atoms with Crippen molar-refractivity contribution in [3.05, 3.63) is 42.0 Å². The fraction of sp³-hybridized carbons (Fsp3) is 0.522. The third kappa shape index (κ3) is 6.46. The van der Waals surface area contributed by atoms with Crippen molar-refractivity contribution in [2.45, 2.75) is 52.9 Å². The van der Waals surface area contributed by atoms with E-state index in [0.717, 1.165) is 48.3 Å². The molecule has 1 aromatic carbocycles. The van der Waals surface area contributed by atoms with Gasteiger partial charge in [-0.1, -0.05) is 58.3 Å². The standard InChI is InChI=1S/C23H32O4/c1-5-6-7-8-17(13-22(24)25)9-10-18-15-23(2,3)16-27-21-12-11-19(26-4)14-20(18)21/h9-12,14-15,17H,5-8,13,16H2,1-4H3,(H,24,25)/b10-9+. The first kappa shape index (κ1) is 21.1. The van der Waals surface area contributed by atoms with Crippen LogP contribution in [0.2, 0.25) is 0 Å². The number of hydrogen-bond acceptors (Lipinski definition) is 3. The molecule has 1 atom stereocenters. The summed E-state index contributed by atoms with van der Waals surface area (Å²) in [6, 6.07) is 5.82. The maximum atomic E-state index is 11.2. The van der Waals surface area contributed by atoms with E-state index >= 15 is 0 Å². The zero-order chi connectivity index (χ0) is 19.9. The van der Waals surface area contributed by atoms with E-state index in [0.29, 0.717) is 6.61 Å². The van der Waals surface area contributed by atoms with Crippen LogP contribution in [-0.2, 0) is 4.79 Å². The Balaban J connectivity index is 2.33. The van der Waals surface area contributed by atoms with Gasteiger partial charge >= 0.3 is 5.97 Å². The fourth-order valence-electron chi connectivity index (χ4n) is 3.32. The molecule has 1 N–H and O–H groups in total. The van der Waals surface area contributed by atoms with Crippen molar-refractivity contribution in [2.75, 3.05) is 13.7 Å². The summed E-state index contributed by atoms with van der Waals surface area (Å²) < 4.78 is 11.4. The molecular weight excluding hydrogens is 340 g/mol. The summed E-state index contributed by atoms with van der Waals surface area (Å²) in [6.45, 7) is 7.03. The number of ether oxygens (including phenoxy) is 2. The van der Waals surface area contributed by atoms with Gasteiger partial charge < -0.3 is 14.6 Å². The van der Waals surface area contributed by atoms with Gasteiger partial charge in [0.2, 0.25) is 0 Å². The van der Waals surface area contributed by atoms with Gasteiger partial charge in [0.15, 0.2) is 0 Å². The minimum atomic E-state index is -0.748. The van der Waals surface area contributed by atoms with Gasteiger partial charge in [0.25, 0.3) is 0 Å². The van der Waals surface area contributed by atoms with Gasteiger partial charge in [-0.15, -0.1) is 0 Å². The van der Waals surface area contributed by atoms with Gasteiger partial charge in [-0.05, 0) is 36.1 Å². The largest absolute Gasteiger partial charge is 0.497 e. The van der Waals surface area contributed by atoms with Crippen LogP contribution in [0.5, 0.6) is 11.5 Å². The van der Waals surface area contributed by atoms with Crippen LogP contribution in [0.4, 0.5) is 0 Å². The molecule has 0 saturated heterocycles. The van der Waals surface area contributed by atoms with Gasteiger partial charge in [-0.2, -0.15) is 0 Å². The molecule has 2 rings (SSSR count). The topological polar surface area (TPSA) is 55.8 Å². The van der Waals surface area contributed by atoms with Crippen LogP contribution in [0.3, 0.4) is 0 Å². The summed E-state index contributed by atoms with van der Waals surface area (Å²) >= 11 is 0. The minimum Gasteiger partial charge on any atom is -0.497 e. The van der Waals surface area contributed by atoms with Crippen molar-refractivity contribution in [1.82, 2.24) is 0 Å². The van der Waals surface area contributed by atoms with E-state index in [2.05, 4.69) is 39.0 Å². The lowest BCUT2D eigenvalue weighted by atomic mass is 9.89. The maximum absolute atomic E-state index is 11.2. The summed E-state index contributed by atoms with van der Waals surface area (Å²) in [5.41, 5.74) is 1.92. The Hall–Kier alpha value is -2.23. The molecule has 0 bridgehead atoms. The summed E-state index contributed by atoms with van der Waals surface area (Å²) in [5, 5.41) is 9.25. The van der Waals surface area contributed by atoms with Crippen LogP contribution in [0.15, 0.2) is 36.4 Å². The highest BCUT2D eigenvalue weighted by molar-refractivity contribution is 5.79. The number of rotatable bonds is 9. The highest BCUT2D eigenvalue weighted by atomic mass is 16.5. The van der Waals surface area contributed by atoms with Gasteiger partial charge in [-0.25, -0.2) is 0 Å². The monoisotopic (exact) mass is 372 g/mol. The zero-order valence-corrected chi connectivity index (χ0v) is 17.0. The van der Waals surface area contributed by atoms with Crippen LogP contribution in [-0.4, -0.2) is 24.8 Å². The Morgan fingerprint density at radius 2 is 2.15 bits per heavy atom. The van der Waals surface area contributed by atoms with Crippen molar-refractivity contribution in [3.63, 3.8) is 0 Å². The number of carboxylic acids is 1. The number of fused-ring (bicyclic) bond motifs is 1. The molecule has 4 nitrogen and oxygen atoms in total. The van der Waals surface area contributed by atoms with E-state index in [-0.39, 0.29) is 17.8 Å². The van der Waals surface area contributed by atoms with Crippen LogP contribution in [0.1, 0.15) is 58.4 Å². The summed E-state index contributed by atoms with van der Waals surface area (Å²) in [6.07, 6.45) is 10.7. The predicted molar refractivity (Wildman–Crippen MR) is 109 cm³/mol. The van der Waals surface area contributed by atoms with E-state index < -0.39 is 5.97 Å². The van der Waals surface area contributed by atoms with Gasteiger partial charge in [-0.3, -0.25) is 4.79 Å². The number of unbranched alkanes of at least 4 members (excludes halogenated alkanes) is 2. The smallest absolute Gasteiger partial charge is 0.303 e. The van der Waals surface area contributed by atoms with E-state index in [1.54, 1.807) is 7.11 Å². The van der Waals surface area contributed by atoms with Crippen molar-refractivity contribution < 1.29 is 19.4 Å². The number of allylic oxidation sites excluding steroid dienone is 3. The summed E-state index contributed by atoms with van der Waals surface area (Å²) in [5.74, 6) is 0.900. The van der Waals surface area contributed by atoms with Gasteiger partial charge in [0.1, 0.15) is 11.5 Å². The molecule has 0 saturated carbocycles. The molecule has 0 radical (unpaired) electrons. The number of aliphatic carboxylic acids is 1. The van der Waals surface area contributed by atoms with Crippen molar-refractivity contribution in [3.8, 4) is 11.5 Å². The zero-order valence-electron chi connectivity index (χ0n) is 17.0. The molecule has 0 spiro atoms. The van der Waals surface area contributed by atoms with Crippen molar-refractivity contribution in [2.24, 2.45) is 11.3 Å². The lowest BCUT2D eigenvalue weighted by molar-refractivity contribution is -0.137. The number of methoxy groups -OCH3 is 1. The predicted octanol–water partition coefficient (Wildman–Crippen LogP) is 5.72. The molecule has 1 aliphatic heterocycles. The molecule has 148 valence electrons. The van der Waals surface area contributed by atoms with E-state index in [9.17, 15) is 9.90 Å². The van der Waals surface area contributed by atoms with Gasteiger partial charge in [0.05, 0.1) is 20.1 Å². The molecule has 1 aliphatic rings. The summed E-state index contributed by atoms with van der Waals surface area (Å²) in [4.78, 5) is 11.2. The molecule has 1 unspecified atom stereocenters. The Morgan fingerprint density at radius 1 is 1.37 bits per heavy atom. The SMILES string of the molecule is CCCCCC(/C=C/C1=CC(C)(C)COc2ccc(OC)cc21)CC(=O)O. The second-order valence-electron chi connectivity index (χ2n) is 7.95. The molecule has 0 aromatic heterocycles. The lowest BCUT2D eigenvalue weighted by Gasteiger charge is -2.18. The highest BCUT2D eigenvalue weighted by Gasteiger charge is 2.23. The van der Waals surface area contributed by atoms with Crippen molar-refractivity contribution in [1.29, 1.82) is 0 Å². The minimum absolute atomic E-state index is 0.0382. The van der Waals surface area contributed by atoms with Gasteiger partial charge in [0, 0.05) is 11.0 Å². The lowest BCUT2D eigenvalue weighted by Crippen LogP contribution is -2.17. The summed E-state index contributed by atoms with van der Waals surface area (Å²) in [7, 11) is 1.65. The van der Waals surface area contributed by atoms with E-state index in [4.69, 9.17) is 9.47 Å². The third-order valence-electron chi connectivity index (χ3n) is 4.81. The molecule has 0 aliphatic carbocycles. The first-order valence-electron chi connectivity index (χ1n) is 9.78. The normalized spacial score (nSPS) is 16.8. The second-order valence-corrected chi connectivity index (χ2v) is 7.95. The molecule has 27 heavy (non-hydrogen) atoms. The fourth-order valence-corrected chi connectivity index (χ4v) is 3.32. The Bertz CT molecular complexity index is 700. The molecule has 0 amide bonds. The average molecular weight is 373 g/mol. The maximum Gasteiger partial charge on any atom is 0.303 e. The van der Waals surface area contributed by atoms with E-state index in [1.165, 1.54) is 0 Å². The van der Waals surface area contributed by atoms with E-state index in [1.807, 2.05) is 18.2 Å². The number of carboxylic acid groups (broad SMARTS) is 1. The quantitative estimate of drug-likeness (QED) is 0.563. The molecule has 0 fully saturated rings. The number of hydrogen-bond donors (Lipinski definition) is 1. The first-order chi connectivity index (χ1) is 12.8. The van der Waals surface area contributed by atoms with Crippen LogP contribution >= 0.6 is 0 Å². The Morgan fingerprint density at radius 3 is 2.81 bits per heavy atom. The van der Waals surface area contributed by atoms with Crippen molar-refractivity contribution >= 4 is 11.5 Å². The molecule has 1 aromatic rings. The molecule has 4 heteroatoms. The second kappa shape index (κ2) is 9.63. The van der Waals surface area contributed by atoms with Crippen LogP contribution in [0, 0.1) is 11.3 Å². The Labute approximate surface area is 162 Å². The third-order valence-corrected chi connectivity index (χ3v) is 4.81. The first-order valence-corrected chi connectivity index (χ1v) is 9.78. The Kier molecular flexibility index (Phi) is 7.52. The number of benzene rings is 1. The van der Waals surface area contributed by atoms with Crippen LogP contribution in [0.25, 0.3) is 5.57 Å².